The molecule has 1 unspecified atom stereocenters. The van der Waals surface area contributed by atoms with Crippen LogP contribution in [0.1, 0.15) is 30.4 Å². The van der Waals surface area contributed by atoms with Crippen molar-refractivity contribution in [1.82, 2.24) is 10.6 Å². The quantitative estimate of drug-likeness (QED) is 0.833. The Morgan fingerprint density at radius 2 is 2.30 bits per heavy atom. The Bertz CT molecular complexity index is 428. The van der Waals surface area contributed by atoms with Crippen molar-refractivity contribution in [3.8, 4) is 0 Å². The van der Waals surface area contributed by atoms with Crippen LogP contribution >= 0.6 is 0 Å². The van der Waals surface area contributed by atoms with E-state index >= 15 is 0 Å². The van der Waals surface area contributed by atoms with E-state index in [4.69, 9.17) is 4.74 Å². The van der Waals surface area contributed by atoms with Crippen molar-refractivity contribution in [2.75, 3.05) is 20.2 Å². The SMILES string of the molecule is COCc1cccc(CNC(=O)CC2CCCNC2)c1. The molecule has 1 aliphatic rings. The third kappa shape index (κ3) is 4.94. The molecule has 0 bridgehead atoms. The summed E-state index contributed by atoms with van der Waals surface area (Å²) >= 11 is 0. The topological polar surface area (TPSA) is 50.4 Å². The summed E-state index contributed by atoms with van der Waals surface area (Å²) in [7, 11) is 1.69. The molecule has 0 spiro atoms. The number of methoxy groups -OCH3 is 1. The first-order valence-corrected chi connectivity index (χ1v) is 7.32. The second kappa shape index (κ2) is 8.02. The van der Waals surface area contributed by atoms with Crippen LogP contribution in [0.2, 0.25) is 0 Å². The van der Waals surface area contributed by atoms with E-state index in [1.807, 2.05) is 18.2 Å². The number of benzene rings is 1. The van der Waals surface area contributed by atoms with E-state index in [0.29, 0.717) is 25.5 Å². The van der Waals surface area contributed by atoms with Crippen LogP contribution in [-0.4, -0.2) is 26.1 Å². The fourth-order valence-electron chi connectivity index (χ4n) is 2.63. The van der Waals surface area contributed by atoms with Crippen molar-refractivity contribution < 1.29 is 9.53 Å². The van der Waals surface area contributed by atoms with Crippen LogP contribution < -0.4 is 10.6 Å². The summed E-state index contributed by atoms with van der Waals surface area (Å²) in [6.07, 6.45) is 2.96. The summed E-state index contributed by atoms with van der Waals surface area (Å²) in [5.74, 6) is 0.638. The molecule has 1 saturated heterocycles. The van der Waals surface area contributed by atoms with Crippen LogP contribution in [0.4, 0.5) is 0 Å². The highest BCUT2D eigenvalue weighted by atomic mass is 16.5. The predicted octanol–water partition coefficient (Wildman–Crippen LogP) is 1.84. The molecule has 2 N–H and O–H groups in total. The zero-order valence-corrected chi connectivity index (χ0v) is 12.2. The maximum absolute atomic E-state index is 11.9. The van der Waals surface area contributed by atoms with Crippen LogP contribution in [0.15, 0.2) is 24.3 Å². The van der Waals surface area contributed by atoms with E-state index in [1.54, 1.807) is 7.11 Å². The van der Waals surface area contributed by atoms with Gasteiger partial charge in [0.05, 0.1) is 6.61 Å². The standard InChI is InChI=1S/C16H24N2O2/c1-20-12-15-5-2-4-13(8-15)11-18-16(19)9-14-6-3-7-17-10-14/h2,4-5,8,14,17H,3,6-7,9-12H2,1H3,(H,18,19). The minimum absolute atomic E-state index is 0.149. The Morgan fingerprint density at radius 1 is 1.45 bits per heavy atom. The first-order chi connectivity index (χ1) is 9.78. The van der Waals surface area contributed by atoms with Gasteiger partial charge in [0.25, 0.3) is 0 Å². The van der Waals surface area contributed by atoms with Crippen molar-refractivity contribution in [1.29, 1.82) is 0 Å². The first-order valence-electron chi connectivity index (χ1n) is 7.32. The Morgan fingerprint density at radius 3 is 3.05 bits per heavy atom. The Labute approximate surface area is 120 Å². The van der Waals surface area contributed by atoms with Gasteiger partial charge in [-0.25, -0.2) is 0 Å². The van der Waals surface area contributed by atoms with Crippen LogP contribution in [0.25, 0.3) is 0 Å². The van der Waals surface area contributed by atoms with E-state index in [9.17, 15) is 4.79 Å². The van der Waals surface area contributed by atoms with Crippen molar-refractivity contribution in [2.45, 2.75) is 32.4 Å². The van der Waals surface area contributed by atoms with Gasteiger partial charge in [-0.1, -0.05) is 24.3 Å². The summed E-state index contributed by atoms with van der Waals surface area (Å²) in [6.45, 7) is 3.26. The van der Waals surface area contributed by atoms with Gasteiger partial charge < -0.3 is 15.4 Å². The summed E-state index contributed by atoms with van der Waals surface area (Å²) in [5.41, 5.74) is 2.25. The van der Waals surface area contributed by atoms with E-state index in [1.165, 1.54) is 6.42 Å². The van der Waals surface area contributed by atoms with Gasteiger partial charge in [-0.2, -0.15) is 0 Å². The second-order valence-electron chi connectivity index (χ2n) is 5.45. The lowest BCUT2D eigenvalue weighted by atomic mass is 9.96. The molecule has 4 heteroatoms. The van der Waals surface area contributed by atoms with Gasteiger partial charge in [-0.15, -0.1) is 0 Å². The molecular weight excluding hydrogens is 252 g/mol. The molecule has 1 aromatic rings. The lowest BCUT2D eigenvalue weighted by molar-refractivity contribution is -0.122. The molecular formula is C16H24N2O2. The van der Waals surface area contributed by atoms with Crippen LogP contribution in [-0.2, 0) is 22.7 Å². The smallest absolute Gasteiger partial charge is 0.220 e. The second-order valence-corrected chi connectivity index (χ2v) is 5.45. The lowest BCUT2D eigenvalue weighted by Gasteiger charge is -2.22. The van der Waals surface area contributed by atoms with E-state index in [0.717, 1.165) is 30.6 Å². The van der Waals surface area contributed by atoms with Crippen LogP contribution in [0, 0.1) is 5.92 Å². The molecule has 0 saturated carbocycles. The Kier molecular flexibility index (Phi) is 6.02. The van der Waals surface area contributed by atoms with Crippen LogP contribution in [0.3, 0.4) is 0 Å². The van der Waals surface area contributed by atoms with Gasteiger partial charge in [-0.3, -0.25) is 4.79 Å². The third-order valence-corrected chi connectivity index (χ3v) is 3.67. The molecule has 1 aliphatic heterocycles. The summed E-state index contributed by atoms with van der Waals surface area (Å²) in [5, 5.41) is 6.35. The maximum atomic E-state index is 11.9. The molecule has 0 radical (unpaired) electrons. The van der Waals surface area contributed by atoms with Gasteiger partial charge in [0.2, 0.25) is 5.91 Å². The first kappa shape index (κ1) is 15.0. The molecule has 1 heterocycles. The maximum Gasteiger partial charge on any atom is 0.220 e. The highest BCUT2D eigenvalue weighted by Gasteiger charge is 2.16. The molecule has 0 aliphatic carbocycles. The minimum Gasteiger partial charge on any atom is -0.380 e. The predicted molar refractivity (Wildman–Crippen MR) is 79.2 cm³/mol. The molecule has 1 aromatic carbocycles. The van der Waals surface area contributed by atoms with Gasteiger partial charge in [0, 0.05) is 20.1 Å². The molecule has 110 valence electrons. The zero-order chi connectivity index (χ0) is 14.2. The Hall–Kier alpha value is -1.39. The number of carbonyl (C=O) groups excluding carboxylic acids is 1. The van der Waals surface area contributed by atoms with Crippen molar-refractivity contribution >= 4 is 5.91 Å². The molecule has 0 aromatic heterocycles. The highest BCUT2D eigenvalue weighted by molar-refractivity contribution is 5.76. The van der Waals surface area contributed by atoms with Crippen LogP contribution in [0.5, 0.6) is 0 Å². The van der Waals surface area contributed by atoms with Crippen molar-refractivity contribution in [3.05, 3.63) is 35.4 Å². The zero-order valence-electron chi connectivity index (χ0n) is 12.2. The fraction of sp³-hybridized carbons (Fsp3) is 0.562. The molecule has 1 fully saturated rings. The lowest BCUT2D eigenvalue weighted by Crippen LogP contribution is -2.34. The molecule has 4 nitrogen and oxygen atoms in total. The minimum atomic E-state index is 0.149. The third-order valence-electron chi connectivity index (χ3n) is 3.67. The summed E-state index contributed by atoms with van der Waals surface area (Å²) < 4.78 is 5.11. The number of carbonyl (C=O) groups is 1. The van der Waals surface area contributed by atoms with Crippen molar-refractivity contribution in [3.63, 3.8) is 0 Å². The number of piperidine rings is 1. The monoisotopic (exact) mass is 276 g/mol. The van der Waals surface area contributed by atoms with Gasteiger partial charge in [0.1, 0.15) is 0 Å². The average Bonchev–Trinajstić information content (AvgIpc) is 2.47. The molecule has 1 atom stereocenters. The molecule has 1 amide bonds. The summed E-state index contributed by atoms with van der Waals surface area (Å²) in [6, 6.07) is 8.14. The van der Waals surface area contributed by atoms with Gasteiger partial charge in [0.15, 0.2) is 0 Å². The van der Waals surface area contributed by atoms with E-state index < -0.39 is 0 Å². The molecule has 20 heavy (non-hydrogen) atoms. The number of nitrogens with one attached hydrogen (secondary N) is 2. The van der Waals surface area contributed by atoms with Crippen molar-refractivity contribution in [2.24, 2.45) is 5.92 Å². The normalized spacial score (nSPS) is 18.8. The highest BCUT2D eigenvalue weighted by Crippen LogP contribution is 2.14. The van der Waals surface area contributed by atoms with E-state index in [-0.39, 0.29) is 5.91 Å². The average molecular weight is 276 g/mol. The van der Waals surface area contributed by atoms with Gasteiger partial charge in [-0.05, 0) is 43.0 Å². The van der Waals surface area contributed by atoms with Gasteiger partial charge >= 0.3 is 0 Å². The number of amides is 1. The molecule has 2 rings (SSSR count). The fourth-order valence-corrected chi connectivity index (χ4v) is 2.63. The van der Waals surface area contributed by atoms with E-state index in [2.05, 4.69) is 16.7 Å². The Balaban J connectivity index is 1.76. The number of hydrogen-bond donors (Lipinski definition) is 2. The number of ether oxygens (including phenoxy) is 1. The number of rotatable bonds is 6. The largest absolute Gasteiger partial charge is 0.380 e. The number of hydrogen-bond acceptors (Lipinski definition) is 3. The summed E-state index contributed by atoms with van der Waals surface area (Å²) in [4.78, 5) is 11.9.